The van der Waals surface area contributed by atoms with Crippen molar-refractivity contribution < 1.29 is 27.6 Å². The Balaban J connectivity index is 1.56. The number of aromatic nitrogens is 1. The summed E-state index contributed by atoms with van der Waals surface area (Å²) in [5, 5.41) is 1.81. The molecular formula is C28H27F3N4O3. The summed E-state index contributed by atoms with van der Waals surface area (Å²) in [6.45, 7) is 0.474. The fourth-order valence-corrected chi connectivity index (χ4v) is 4.26. The number of Topliss-reactive ketones (excluding diaryl/α,β-unsaturated/α-hetero) is 1. The van der Waals surface area contributed by atoms with E-state index in [1.165, 1.54) is 17.0 Å². The van der Waals surface area contributed by atoms with Gasteiger partial charge in [0.25, 0.3) is 5.91 Å². The Bertz CT molecular complexity index is 1280. The average molecular weight is 525 g/mol. The van der Waals surface area contributed by atoms with Gasteiger partial charge in [-0.2, -0.15) is 8.78 Å². The summed E-state index contributed by atoms with van der Waals surface area (Å²) in [6.07, 6.45) is 3.01. The molecule has 3 aromatic rings. The summed E-state index contributed by atoms with van der Waals surface area (Å²) >= 11 is 0. The van der Waals surface area contributed by atoms with Crippen LogP contribution in [0.25, 0.3) is 11.1 Å². The number of carbonyl (C=O) groups excluding carboxylic acids is 3. The molecule has 7 nitrogen and oxygen atoms in total. The minimum absolute atomic E-state index is 0.0736. The molecule has 1 saturated heterocycles. The number of pyridine rings is 1. The standard InChI is InChI=1S/C28H27F3N4O3/c29-24-15-20(25(36)17-33-27(37)26(30)31)6-7-22(24)18-35(28(38)34-13-2-1-3-14-34)23-10-8-19(9-11-23)21-5-4-12-32-16-21/h4-12,15-16,26H,1-3,13-14,17-18H2,(H,33,37). The average Bonchev–Trinajstić information content (AvgIpc) is 2.95. The number of anilines is 1. The largest absolute Gasteiger partial charge is 0.344 e. The second-order valence-corrected chi connectivity index (χ2v) is 8.95. The van der Waals surface area contributed by atoms with E-state index in [4.69, 9.17) is 0 Å². The normalized spacial score (nSPS) is 13.3. The molecule has 4 rings (SSSR count). The highest BCUT2D eigenvalue weighted by atomic mass is 19.3. The molecule has 2 heterocycles. The van der Waals surface area contributed by atoms with Crippen molar-refractivity contribution in [1.29, 1.82) is 0 Å². The quantitative estimate of drug-likeness (QED) is 0.418. The van der Waals surface area contributed by atoms with Crippen molar-refractivity contribution in [3.8, 4) is 11.1 Å². The summed E-state index contributed by atoms with van der Waals surface area (Å²) in [6, 6.07) is 14.6. The highest BCUT2D eigenvalue weighted by Gasteiger charge is 2.25. The Labute approximate surface area is 218 Å². The monoisotopic (exact) mass is 524 g/mol. The highest BCUT2D eigenvalue weighted by Crippen LogP contribution is 2.26. The van der Waals surface area contributed by atoms with E-state index in [-0.39, 0.29) is 23.7 Å². The number of carbonyl (C=O) groups is 3. The third-order valence-corrected chi connectivity index (χ3v) is 6.36. The fraction of sp³-hybridized carbons (Fsp3) is 0.286. The van der Waals surface area contributed by atoms with Gasteiger partial charge in [-0.05, 0) is 54.7 Å². The molecule has 1 aromatic heterocycles. The van der Waals surface area contributed by atoms with Gasteiger partial charge in [0.15, 0.2) is 5.78 Å². The second-order valence-electron chi connectivity index (χ2n) is 8.95. The Morgan fingerprint density at radius 2 is 1.71 bits per heavy atom. The molecule has 38 heavy (non-hydrogen) atoms. The Morgan fingerprint density at radius 3 is 2.34 bits per heavy atom. The van der Waals surface area contributed by atoms with E-state index in [1.807, 2.05) is 29.6 Å². The summed E-state index contributed by atoms with van der Waals surface area (Å²) in [7, 11) is 0. The van der Waals surface area contributed by atoms with Gasteiger partial charge in [-0.3, -0.25) is 19.5 Å². The molecule has 1 aliphatic heterocycles. The summed E-state index contributed by atoms with van der Waals surface area (Å²) in [5.41, 5.74) is 2.53. The summed E-state index contributed by atoms with van der Waals surface area (Å²) < 4.78 is 39.8. The highest BCUT2D eigenvalue weighted by molar-refractivity contribution is 5.99. The molecule has 198 valence electrons. The molecular weight excluding hydrogens is 497 g/mol. The zero-order chi connectivity index (χ0) is 27.1. The van der Waals surface area contributed by atoms with E-state index in [2.05, 4.69) is 4.98 Å². The number of hydrogen-bond acceptors (Lipinski definition) is 4. The number of hydrogen-bond donors (Lipinski definition) is 1. The molecule has 10 heteroatoms. The Kier molecular flexibility index (Phi) is 8.73. The van der Waals surface area contributed by atoms with Gasteiger partial charge in [0.2, 0.25) is 0 Å². The molecule has 0 unspecified atom stereocenters. The lowest BCUT2D eigenvalue weighted by molar-refractivity contribution is -0.131. The van der Waals surface area contributed by atoms with Crippen molar-refractivity contribution in [3.05, 3.63) is 83.9 Å². The van der Waals surface area contributed by atoms with Crippen molar-refractivity contribution >= 4 is 23.4 Å². The molecule has 1 fully saturated rings. The van der Waals surface area contributed by atoms with Gasteiger partial charge in [0.05, 0.1) is 13.1 Å². The molecule has 1 N–H and O–H groups in total. The van der Waals surface area contributed by atoms with Crippen LogP contribution < -0.4 is 10.2 Å². The van der Waals surface area contributed by atoms with Crippen LogP contribution in [-0.4, -0.2) is 53.7 Å². The van der Waals surface area contributed by atoms with Crippen LogP contribution in [0.15, 0.2) is 67.0 Å². The zero-order valence-electron chi connectivity index (χ0n) is 20.6. The van der Waals surface area contributed by atoms with Crippen LogP contribution in [0.3, 0.4) is 0 Å². The number of amides is 3. The Hall–Kier alpha value is -4.21. The summed E-state index contributed by atoms with van der Waals surface area (Å²) in [4.78, 5) is 44.2. The first-order valence-corrected chi connectivity index (χ1v) is 12.3. The van der Waals surface area contributed by atoms with E-state index in [0.29, 0.717) is 18.8 Å². The molecule has 2 aromatic carbocycles. The van der Waals surface area contributed by atoms with Gasteiger partial charge in [0, 0.05) is 42.3 Å². The summed E-state index contributed by atoms with van der Waals surface area (Å²) in [5.74, 6) is -3.01. The molecule has 0 radical (unpaired) electrons. The Morgan fingerprint density at radius 1 is 0.974 bits per heavy atom. The minimum Gasteiger partial charge on any atom is -0.344 e. The molecule has 0 atom stereocenters. The second kappa shape index (κ2) is 12.4. The van der Waals surface area contributed by atoms with E-state index < -0.39 is 30.5 Å². The van der Waals surface area contributed by atoms with Gasteiger partial charge in [-0.15, -0.1) is 0 Å². The van der Waals surface area contributed by atoms with Crippen LogP contribution in [0.1, 0.15) is 35.2 Å². The third kappa shape index (κ3) is 6.56. The van der Waals surface area contributed by atoms with Gasteiger partial charge >= 0.3 is 12.5 Å². The number of benzene rings is 2. The molecule has 1 aliphatic rings. The van der Waals surface area contributed by atoms with Gasteiger partial charge in [0.1, 0.15) is 5.82 Å². The molecule has 0 bridgehead atoms. The number of urea groups is 1. The third-order valence-electron chi connectivity index (χ3n) is 6.36. The molecule has 0 spiro atoms. The van der Waals surface area contributed by atoms with Crippen molar-refractivity contribution in [2.75, 3.05) is 24.5 Å². The van der Waals surface area contributed by atoms with Crippen LogP contribution in [-0.2, 0) is 11.3 Å². The van der Waals surface area contributed by atoms with Gasteiger partial charge in [-0.25, -0.2) is 9.18 Å². The molecule has 0 aliphatic carbocycles. The van der Waals surface area contributed by atoms with E-state index >= 15 is 4.39 Å². The van der Waals surface area contributed by atoms with Crippen LogP contribution in [0.2, 0.25) is 0 Å². The smallest absolute Gasteiger partial charge is 0.324 e. The van der Waals surface area contributed by atoms with Gasteiger partial charge in [-0.1, -0.05) is 30.3 Å². The first-order chi connectivity index (χ1) is 18.3. The number of piperidine rings is 1. The molecule has 3 amide bonds. The van der Waals surface area contributed by atoms with Crippen LogP contribution in [0, 0.1) is 5.82 Å². The predicted octanol–water partition coefficient (Wildman–Crippen LogP) is 5.06. The first kappa shape index (κ1) is 26.8. The number of nitrogens with zero attached hydrogens (tertiary/aromatic N) is 3. The predicted molar refractivity (Wildman–Crippen MR) is 136 cm³/mol. The van der Waals surface area contributed by atoms with E-state index in [9.17, 15) is 23.2 Å². The fourth-order valence-electron chi connectivity index (χ4n) is 4.26. The topological polar surface area (TPSA) is 82.6 Å². The number of rotatable bonds is 8. The minimum atomic E-state index is -3.25. The van der Waals surface area contributed by atoms with Crippen LogP contribution in [0.5, 0.6) is 0 Å². The van der Waals surface area contributed by atoms with Crippen molar-refractivity contribution in [3.63, 3.8) is 0 Å². The van der Waals surface area contributed by atoms with E-state index in [1.54, 1.807) is 29.4 Å². The van der Waals surface area contributed by atoms with Crippen molar-refractivity contribution in [2.45, 2.75) is 32.2 Å². The maximum atomic E-state index is 15.1. The zero-order valence-corrected chi connectivity index (χ0v) is 20.6. The van der Waals surface area contributed by atoms with Crippen molar-refractivity contribution in [1.82, 2.24) is 15.2 Å². The maximum absolute atomic E-state index is 15.1. The lowest BCUT2D eigenvalue weighted by Crippen LogP contribution is -2.45. The molecule has 0 saturated carbocycles. The van der Waals surface area contributed by atoms with E-state index in [0.717, 1.165) is 36.5 Å². The number of alkyl halides is 2. The van der Waals surface area contributed by atoms with Gasteiger partial charge < -0.3 is 10.2 Å². The maximum Gasteiger partial charge on any atom is 0.324 e. The SMILES string of the molecule is O=C(CNC(=O)C(F)F)c1ccc(CN(C(=O)N2CCCCC2)c2ccc(-c3cccnc3)cc2)c(F)c1. The van der Waals surface area contributed by atoms with Crippen molar-refractivity contribution in [2.24, 2.45) is 0 Å². The van der Waals surface area contributed by atoms with Crippen LogP contribution in [0.4, 0.5) is 23.7 Å². The lowest BCUT2D eigenvalue weighted by Gasteiger charge is -2.33. The number of likely N-dealkylation sites (tertiary alicyclic amines) is 1. The van der Waals surface area contributed by atoms with Crippen LogP contribution >= 0.6 is 0 Å². The number of halogens is 3. The lowest BCUT2D eigenvalue weighted by atomic mass is 10.1. The first-order valence-electron chi connectivity index (χ1n) is 12.3. The number of ketones is 1. The number of nitrogens with one attached hydrogen (secondary N) is 1.